The zero-order chi connectivity index (χ0) is 9.97. The molecule has 0 saturated carbocycles. The van der Waals surface area contributed by atoms with Crippen LogP contribution in [0.4, 0.5) is 0 Å². The zero-order valence-electron chi connectivity index (χ0n) is 8.26. The van der Waals surface area contributed by atoms with Gasteiger partial charge in [-0.3, -0.25) is 4.84 Å². The van der Waals surface area contributed by atoms with Gasteiger partial charge in [-0.2, -0.15) is 5.06 Å². The highest BCUT2D eigenvalue weighted by Gasteiger charge is 2.33. The first kappa shape index (κ1) is 9.65. The van der Waals surface area contributed by atoms with E-state index in [9.17, 15) is 5.11 Å². The Bertz CT molecular complexity index is 289. The predicted molar refractivity (Wildman–Crippen MR) is 53.3 cm³/mol. The van der Waals surface area contributed by atoms with E-state index in [1.54, 1.807) is 12.2 Å². The average Bonchev–Trinajstić information content (AvgIpc) is 2.61. The number of hydrogen-bond acceptors (Lipinski definition) is 3. The maximum Gasteiger partial charge on any atom is 0.130 e. The van der Waals surface area contributed by atoms with Crippen LogP contribution in [0.2, 0.25) is 0 Å². The largest absolute Gasteiger partial charge is 0.376 e. The Hall–Kier alpha value is -0.900. The van der Waals surface area contributed by atoms with E-state index < -0.39 is 6.23 Å². The van der Waals surface area contributed by atoms with Crippen molar-refractivity contribution in [3.05, 3.63) is 35.9 Å². The normalized spacial score (nSPS) is 28.1. The van der Waals surface area contributed by atoms with Crippen LogP contribution in [0.15, 0.2) is 30.3 Å². The van der Waals surface area contributed by atoms with Gasteiger partial charge in [0.2, 0.25) is 0 Å². The summed E-state index contributed by atoms with van der Waals surface area (Å²) in [4.78, 5) is 5.17. The maximum atomic E-state index is 9.62. The van der Waals surface area contributed by atoms with Gasteiger partial charge in [0.25, 0.3) is 0 Å². The van der Waals surface area contributed by atoms with E-state index in [-0.39, 0.29) is 6.04 Å². The van der Waals surface area contributed by atoms with E-state index in [4.69, 9.17) is 4.84 Å². The van der Waals surface area contributed by atoms with E-state index in [2.05, 4.69) is 12.1 Å². The lowest BCUT2D eigenvalue weighted by molar-refractivity contribution is -0.220. The third kappa shape index (κ3) is 1.66. The molecule has 1 aromatic carbocycles. The molecular weight excluding hydrogens is 178 g/mol. The molecule has 0 spiro atoms. The fraction of sp³-hybridized carbons (Fsp3) is 0.455. The summed E-state index contributed by atoms with van der Waals surface area (Å²) < 4.78 is 0. The number of hydroxylamine groups is 2. The van der Waals surface area contributed by atoms with Crippen molar-refractivity contribution < 1.29 is 9.94 Å². The van der Waals surface area contributed by atoms with Crippen LogP contribution in [0.3, 0.4) is 0 Å². The Kier molecular flexibility index (Phi) is 2.82. The van der Waals surface area contributed by atoms with Crippen molar-refractivity contribution >= 4 is 0 Å². The monoisotopic (exact) mass is 193 g/mol. The highest BCUT2D eigenvalue weighted by atomic mass is 16.7. The highest BCUT2D eigenvalue weighted by molar-refractivity contribution is 5.19. The van der Waals surface area contributed by atoms with E-state index in [1.165, 1.54) is 5.56 Å². The molecular formula is C11H15NO2. The first-order chi connectivity index (χ1) is 6.83. The lowest BCUT2D eigenvalue weighted by atomic mass is 10.1. The Morgan fingerprint density at radius 2 is 2.00 bits per heavy atom. The summed E-state index contributed by atoms with van der Waals surface area (Å²) in [6.45, 7) is 0. The van der Waals surface area contributed by atoms with Crippen LogP contribution in [-0.4, -0.2) is 23.5 Å². The highest BCUT2D eigenvalue weighted by Crippen LogP contribution is 2.34. The molecule has 0 amide bonds. The van der Waals surface area contributed by atoms with Crippen molar-refractivity contribution in [1.29, 1.82) is 0 Å². The van der Waals surface area contributed by atoms with Crippen molar-refractivity contribution in [2.24, 2.45) is 0 Å². The Morgan fingerprint density at radius 1 is 1.29 bits per heavy atom. The number of aliphatic hydroxyl groups excluding tert-OH is 1. The van der Waals surface area contributed by atoms with Crippen molar-refractivity contribution in [3.63, 3.8) is 0 Å². The quantitative estimate of drug-likeness (QED) is 0.776. The second-order valence-corrected chi connectivity index (χ2v) is 3.53. The summed E-state index contributed by atoms with van der Waals surface area (Å²) in [5, 5.41) is 11.3. The van der Waals surface area contributed by atoms with E-state index in [0.29, 0.717) is 0 Å². The standard InChI is InChI=1S/C11H15NO2/c1-14-12-10(7-8-11(12)13)9-5-3-2-4-6-9/h2-6,10-11,13H,7-8H2,1H3. The summed E-state index contributed by atoms with van der Waals surface area (Å²) in [7, 11) is 1.60. The molecule has 1 heterocycles. The molecule has 3 heteroatoms. The number of nitrogens with zero attached hydrogens (tertiary/aromatic N) is 1. The van der Waals surface area contributed by atoms with Crippen molar-refractivity contribution in [2.45, 2.75) is 25.1 Å². The lowest BCUT2D eigenvalue weighted by Crippen LogP contribution is -2.30. The molecule has 2 unspecified atom stereocenters. The van der Waals surface area contributed by atoms with E-state index in [0.717, 1.165) is 12.8 Å². The molecule has 1 N–H and O–H groups in total. The molecule has 76 valence electrons. The second-order valence-electron chi connectivity index (χ2n) is 3.53. The van der Waals surface area contributed by atoms with Gasteiger partial charge in [0.15, 0.2) is 0 Å². The predicted octanol–water partition coefficient (Wildman–Crippen LogP) is 1.70. The molecule has 0 bridgehead atoms. The van der Waals surface area contributed by atoms with Crippen LogP contribution in [0, 0.1) is 0 Å². The van der Waals surface area contributed by atoms with E-state index >= 15 is 0 Å². The fourth-order valence-electron chi connectivity index (χ4n) is 2.01. The minimum atomic E-state index is -0.467. The molecule has 1 aliphatic heterocycles. The molecule has 1 aromatic rings. The molecule has 3 nitrogen and oxygen atoms in total. The van der Waals surface area contributed by atoms with Gasteiger partial charge in [-0.25, -0.2) is 0 Å². The van der Waals surface area contributed by atoms with Crippen LogP contribution >= 0.6 is 0 Å². The number of hydrogen-bond donors (Lipinski definition) is 1. The summed E-state index contributed by atoms with van der Waals surface area (Å²) >= 11 is 0. The first-order valence-electron chi connectivity index (χ1n) is 4.88. The van der Waals surface area contributed by atoms with Gasteiger partial charge < -0.3 is 5.11 Å². The van der Waals surface area contributed by atoms with Crippen molar-refractivity contribution in [1.82, 2.24) is 5.06 Å². The van der Waals surface area contributed by atoms with Crippen LogP contribution in [0.1, 0.15) is 24.4 Å². The molecule has 1 fully saturated rings. The summed E-state index contributed by atoms with van der Waals surface area (Å²) in [5.74, 6) is 0. The maximum absolute atomic E-state index is 9.62. The number of rotatable bonds is 2. The van der Waals surface area contributed by atoms with Crippen molar-refractivity contribution in [3.8, 4) is 0 Å². The minimum Gasteiger partial charge on any atom is -0.376 e. The third-order valence-electron chi connectivity index (χ3n) is 2.69. The van der Waals surface area contributed by atoms with Crippen molar-refractivity contribution in [2.75, 3.05) is 7.11 Å². The molecule has 1 saturated heterocycles. The Labute approximate surface area is 83.9 Å². The zero-order valence-corrected chi connectivity index (χ0v) is 8.26. The Balaban J connectivity index is 2.19. The molecule has 0 aromatic heterocycles. The van der Waals surface area contributed by atoms with Crippen LogP contribution in [0.5, 0.6) is 0 Å². The van der Waals surface area contributed by atoms with Gasteiger partial charge in [0.05, 0.1) is 13.2 Å². The van der Waals surface area contributed by atoms with Gasteiger partial charge in [0.1, 0.15) is 6.23 Å². The number of aliphatic hydroxyl groups is 1. The summed E-state index contributed by atoms with van der Waals surface area (Å²) in [6, 6.07) is 10.3. The van der Waals surface area contributed by atoms with Gasteiger partial charge >= 0.3 is 0 Å². The SMILES string of the molecule is CON1C(O)CCC1c1ccccc1. The fourth-order valence-corrected chi connectivity index (χ4v) is 2.01. The van der Waals surface area contributed by atoms with Crippen LogP contribution in [0.25, 0.3) is 0 Å². The van der Waals surface area contributed by atoms with Gasteiger partial charge in [-0.1, -0.05) is 30.3 Å². The molecule has 14 heavy (non-hydrogen) atoms. The lowest BCUT2D eigenvalue weighted by Gasteiger charge is -2.24. The van der Waals surface area contributed by atoms with E-state index in [1.807, 2.05) is 18.2 Å². The summed E-state index contributed by atoms with van der Waals surface area (Å²) in [5.41, 5.74) is 1.20. The first-order valence-corrected chi connectivity index (χ1v) is 4.88. The molecule has 2 atom stereocenters. The van der Waals surface area contributed by atoms with Gasteiger partial charge in [-0.15, -0.1) is 0 Å². The molecule has 2 rings (SSSR count). The smallest absolute Gasteiger partial charge is 0.130 e. The molecule has 0 radical (unpaired) electrons. The topological polar surface area (TPSA) is 32.7 Å². The Morgan fingerprint density at radius 3 is 2.64 bits per heavy atom. The van der Waals surface area contributed by atoms with Crippen LogP contribution < -0.4 is 0 Å². The number of benzene rings is 1. The van der Waals surface area contributed by atoms with Gasteiger partial charge in [-0.05, 0) is 18.4 Å². The second kappa shape index (κ2) is 4.09. The average molecular weight is 193 g/mol. The van der Waals surface area contributed by atoms with Crippen LogP contribution in [-0.2, 0) is 4.84 Å². The molecule has 0 aliphatic carbocycles. The van der Waals surface area contributed by atoms with Gasteiger partial charge in [0, 0.05) is 0 Å². The molecule has 1 aliphatic rings. The minimum absolute atomic E-state index is 0.191. The summed E-state index contributed by atoms with van der Waals surface area (Å²) in [6.07, 6.45) is 1.25. The third-order valence-corrected chi connectivity index (χ3v) is 2.69.